The van der Waals surface area contributed by atoms with E-state index in [1.165, 1.54) is 39.1 Å². The Morgan fingerprint density at radius 2 is 1.19 bits per heavy atom. The van der Waals surface area contributed by atoms with E-state index in [0.29, 0.717) is 0 Å². The largest absolute Gasteiger partial charge is 0.377 e. The van der Waals surface area contributed by atoms with Crippen molar-refractivity contribution < 1.29 is 0 Å². The SMILES string of the molecule is CN(C)c1ccccc1C/C(=C/c1ccc(C(C)(C)C)cc1)c1ccc(C(C)(C)C)cc1. The molecule has 3 rings (SSSR count). The highest BCUT2D eigenvalue weighted by molar-refractivity contribution is 5.83. The minimum Gasteiger partial charge on any atom is -0.377 e. The van der Waals surface area contributed by atoms with Crippen LogP contribution >= 0.6 is 0 Å². The molecule has 1 nitrogen and oxygen atoms in total. The van der Waals surface area contributed by atoms with Gasteiger partial charge in [0, 0.05) is 26.2 Å². The van der Waals surface area contributed by atoms with Gasteiger partial charge in [-0.25, -0.2) is 0 Å². The number of rotatable bonds is 5. The van der Waals surface area contributed by atoms with Crippen LogP contribution in [-0.4, -0.2) is 14.1 Å². The molecular weight excluding hydrogens is 386 g/mol. The predicted molar refractivity (Wildman–Crippen MR) is 143 cm³/mol. The van der Waals surface area contributed by atoms with Crippen molar-refractivity contribution in [2.45, 2.75) is 58.8 Å². The van der Waals surface area contributed by atoms with Crippen LogP contribution in [0, 0.1) is 0 Å². The fourth-order valence-corrected chi connectivity index (χ4v) is 4.00. The minimum atomic E-state index is 0.155. The van der Waals surface area contributed by atoms with Gasteiger partial charge in [0.05, 0.1) is 0 Å². The van der Waals surface area contributed by atoms with Crippen LogP contribution in [0.1, 0.15) is 69.4 Å². The van der Waals surface area contributed by atoms with Crippen LogP contribution in [0.4, 0.5) is 5.69 Å². The van der Waals surface area contributed by atoms with Crippen molar-refractivity contribution in [3.63, 3.8) is 0 Å². The first kappa shape index (κ1) is 23.9. The number of para-hydroxylation sites is 1. The first-order valence-electron chi connectivity index (χ1n) is 11.6. The molecule has 32 heavy (non-hydrogen) atoms. The predicted octanol–water partition coefficient (Wildman–Crippen LogP) is 8.13. The lowest BCUT2D eigenvalue weighted by Gasteiger charge is -2.21. The van der Waals surface area contributed by atoms with Crippen LogP contribution in [0.15, 0.2) is 72.8 Å². The van der Waals surface area contributed by atoms with E-state index in [0.717, 1.165) is 6.42 Å². The van der Waals surface area contributed by atoms with Crippen LogP contribution in [0.5, 0.6) is 0 Å². The Bertz CT molecular complexity index is 1050. The lowest BCUT2D eigenvalue weighted by molar-refractivity contribution is 0.590. The molecule has 3 aromatic rings. The smallest absolute Gasteiger partial charge is 0.0396 e. The van der Waals surface area contributed by atoms with Crippen molar-refractivity contribution in [1.82, 2.24) is 0 Å². The zero-order chi connectivity index (χ0) is 23.5. The number of hydrogen-bond donors (Lipinski definition) is 0. The molecule has 0 saturated carbocycles. The van der Waals surface area contributed by atoms with Gasteiger partial charge >= 0.3 is 0 Å². The van der Waals surface area contributed by atoms with Crippen molar-refractivity contribution in [2.24, 2.45) is 0 Å². The van der Waals surface area contributed by atoms with Gasteiger partial charge in [-0.1, -0.05) is 114 Å². The molecule has 0 atom stereocenters. The fourth-order valence-electron chi connectivity index (χ4n) is 4.00. The van der Waals surface area contributed by atoms with Crippen LogP contribution in [0.25, 0.3) is 11.6 Å². The van der Waals surface area contributed by atoms with E-state index in [-0.39, 0.29) is 10.8 Å². The molecule has 0 aliphatic rings. The van der Waals surface area contributed by atoms with E-state index in [4.69, 9.17) is 0 Å². The summed E-state index contributed by atoms with van der Waals surface area (Å²) in [6.07, 6.45) is 3.25. The first-order chi connectivity index (χ1) is 14.9. The van der Waals surface area contributed by atoms with Crippen LogP contribution in [0.3, 0.4) is 0 Å². The standard InChI is InChI=1S/C31H39N/c1-30(2,3)27-17-13-23(14-18-27)21-26(22-25-11-9-10-12-29(25)32(7)8)24-15-19-28(20-16-24)31(4,5)6/h9-21H,22H2,1-8H3/b26-21-. The molecule has 3 aromatic carbocycles. The van der Waals surface area contributed by atoms with Gasteiger partial charge < -0.3 is 4.90 Å². The molecule has 0 aliphatic heterocycles. The maximum Gasteiger partial charge on any atom is 0.0396 e. The molecule has 1 heteroatoms. The van der Waals surface area contributed by atoms with Crippen LogP contribution in [-0.2, 0) is 17.3 Å². The Morgan fingerprint density at radius 1 is 0.688 bits per heavy atom. The second kappa shape index (κ2) is 9.36. The van der Waals surface area contributed by atoms with Crippen molar-refractivity contribution >= 4 is 17.3 Å². The van der Waals surface area contributed by atoms with Crippen molar-refractivity contribution in [2.75, 3.05) is 19.0 Å². The van der Waals surface area contributed by atoms with E-state index in [9.17, 15) is 0 Å². The molecule has 0 heterocycles. The number of benzene rings is 3. The van der Waals surface area contributed by atoms with Gasteiger partial charge in [0.15, 0.2) is 0 Å². The second-order valence-electron chi connectivity index (χ2n) is 11.1. The molecule has 0 fully saturated rings. The Hall–Kier alpha value is -2.80. The van der Waals surface area contributed by atoms with Gasteiger partial charge in [0.25, 0.3) is 0 Å². The number of hydrogen-bond acceptors (Lipinski definition) is 1. The molecule has 0 N–H and O–H groups in total. The molecule has 0 amide bonds. The van der Waals surface area contributed by atoms with E-state index in [1.807, 2.05) is 0 Å². The molecule has 0 unspecified atom stereocenters. The normalized spacial score (nSPS) is 12.7. The summed E-state index contributed by atoms with van der Waals surface area (Å²) in [4.78, 5) is 2.20. The zero-order valence-electron chi connectivity index (χ0n) is 21.2. The third kappa shape index (κ3) is 5.91. The number of nitrogens with zero attached hydrogens (tertiary/aromatic N) is 1. The first-order valence-corrected chi connectivity index (χ1v) is 11.6. The van der Waals surface area contributed by atoms with Crippen molar-refractivity contribution in [3.8, 4) is 0 Å². The molecule has 168 valence electrons. The van der Waals surface area contributed by atoms with Crippen molar-refractivity contribution in [3.05, 3.63) is 101 Å². The summed E-state index contributed by atoms with van der Waals surface area (Å²) in [5, 5.41) is 0. The lowest BCUT2D eigenvalue weighted by atomic mass is 9.85. The third-order valence-corrected chi connectivity index (χ3v) is 6.09. The van der Waals surface area contributed by atoms with E-state index < -0.39 is 0 Å². The highest BCUT2D eigenvalue weighted by Gasteiger charge is 2.15. The zero-order valence-corrected chi connectivity index (χ0v) is 21.2. The maximum absolute atomic E-state index is 2.35. The van der Waals surface area contributed by atoms with Gasteiger partial charge in [0.1, 0.15) is 0 Å². The summed E-state index contributed by atoms with van der Waals surface area (Å²) in [5.41, 5.74) is 9.53. The highest BCUT2D eigenvalue weighted by Crippen LogP contribution is 2.30. The molecule has 0 bridgehead atoms. The summed E-state index contributed by atoms with van der Waals surface area (Å²) in [6, 6.07) is 26.9. The molecule has 0 radical (unpaired) electrons. The monoisotopic (exact) mass is 425 g/mol. The molecule has 0 saturated heterocycles. The Kier molecular flexibility index (Phi) is 6.98. The Labute approximate surface area is 195 Å². The van der Waals surface area contributed by atoms with Gasteiger partial charge in [-0.05, 0) is 50.3 Å². The topological polar surface area (TPSA) is 3.24 Å². The molecule has 0 aliphatic carbocycles. The van der Waals surface area contributed by atoms with Gasteiger partial charge in [-0.3, -0.25) is 0 Å². The second-order valence-corrected chi connectivity index (χ2v) is 11.1. The summed E-state index contributed by atoms with van der Waals surface area (Å²) in [6.45, 7) is 13.6. The Morgan fingerprint density at radius 3 is 1.69 bits per heavy atom. The highest BCUT2D eigenvalue weighted by atomic mass is 15.1. The summed E-state index contributed by atoms with van der Waals surface area (Å²) < 4.78 is 0. The van der Waals surface area contributed by atoms with Gasteiger partial charge in [-0.2, -0.15) is 0 Å². The average molecular weight is 426 g/mol. The van der Waals surface area contributed by atoms with E-state index in [2.05, 4.69) is 139 Å². The summed E-state index contributed by atoms with van der Waals surface area (Å²) >= 11 is 0. The number of anilines is 1. The molecular formula is C31H39N. The van der Waals surface area contributed by atoms with Crippen LogP contribution < -0.4 is 4.90 Å². The summed E-state index contributed by atoms with van der Waals surface area (Å²) in [5.74, 6) is 0. The third-order valence-electron chi connectivity index (χ3n) is 6.09. The van der Waals surface area contributed by atoms with E-state index >= 15 is 0 Å². The maximum atomic E-state index is 2.35. The van der Waals surface area contributed by atoms with Gasteiger partial charge in [0.2, 0.25) is 0 Å². The fraction of sp³-hybridized carbons (Fsp3) is 0.355. The Balaban J connectivity index is 2.04. The average Bonchev–Trinajstić information content (AvgIpc) is 2.73. The molecule has 0 spiro atoms. The number of allylic oxidation sites excluding steroid dienone is 1. The van der Waals surface area contributed by atoms with E-state index in [1.54, 1.807) is 0 Å². The lowest BCUT2D eigenvalue weighted by Crippen LogP contribution is -2.12. The van der Waals surface area contributed by atoms with Crippen molar-refractivity contribution in [1.29, 1.82) is 0 Å². The van der Waals surface area contributed by atoms with Crippen LogP contribution in [0.2, 0.25) is 0 Å². The summed E-state index contributed by atoms with van der Waals surface area (Å²) in [7, 11) is 4.23. The molecule has 0 aromatic heterocycles. The minimum absolute atomic E-state index is 0.155. The quantitative estimate of drug-likeness (QED) is 0.373. The van der Waals surface area contributed by atoms with Gasteiger partial charge in [-0.15, -0.1) is 0 Å².